The van der Waals surface area contributed by atoms with E-state index in [1.807, 2.05) is 48.5 Å². The lowest BCUT2D eigenvalue weighted by Gasteiger charge is -2.12. The minimum atomic E-state index is -0.304. The second kappa shape index (κ2) is 8.22. The summed E-state index contributed by atoms with van der Waals surface area (Å²) in [4.78, 5) is 21.5. The van der Waals surface area contributed by atoms with Crippen molar-refractivity contribution in [2.75, 3.05) is 12.1 Å². The molecule has 2 heterocycles. The van der Waals surface area contributed by atoms with Gasteiger partial charge in [-0.3, -0.25) is 15.1 Å². The molecule has 0 spiro atoms. The van der Waals surface area contributed by atoms with E-state index in [2.05, 4.69) is 20.6 Å². The average molecular weight is 374 g/mol. The molecule has 1 aromatic heterocycles. The van der Waals surface area contributed by atoms with E-state index in [-0.39, 0.29) is 12.7 Å². The number of guanidine groups is 1. The molecule has 2 aromatic carbocycles. The molecule has 0 radical (unpaired) electrons. The zero-order valence-electron chi connectivity index (χ0n) is 15.0. The van der Waals surface area contributed by atoms with Crippen LogP contribution in [0.1, 0.15) is 16.1 Å². The first kappa shape index (κ1) is 17.5. The van der Waals surface area contributed by atoms with Crippen molar-refractivity contribution in [1.29, 1.82) is 0 Å². The summed E-state index contributed by atoms with van der Waals surface area (Å²) >= 11 is 0. The number of nitrogens with one attached hydrogen (secondary N) is 2. The first-order valence-electron chi connectivity index (χ1n) is 8.75. The molecule has 140 valence electrons. The third-order valence-corrected chi connectivity index (χ3v) is 4.03. The Balaban J connectivity index is 1.53. The predicted molar refractivity (Wildman–Crippen MR) is 105 cm³/mol. The smallest absolute Gasteiger partial charge is 0.258 e. The third-order valence-electron chi connectivity index (χ3n) is 4.03. The maximum atomic E-state index is 12.7. The van der Waals surface area contributed by atoms with E-state index in [1.165, 1.54) is 0 Å². The van der Waals surface area contributed by atoms with Gasteiger partial charge in [-0.05, 0) is 42.5 Å². The molecule has 1 amide bonds. The normalized spacial score (nSPS) is 12.5. The van der Waals surface area contributed by atoms with Crippen LogP contribution in [0.15, 0.2) is 77.9 Å². The van der Waals surface area contributed by atoms with Gasteiger partial charge in [-0.2, -0.15) is 0 Å². The molecule has 0 aliphatic carbocycles. The minimum absolute atomic E-state index is 0.159. The molecule has 0 unspecified atom stereocenters. The molecule has 0 saturated carbocycles. The number of fused-ring (bicyclic) bond motifs is 1. The van der Waals surface area contributed by atoms with Gasteiger partial charge in [-0.25, -0.2) is 4.99 Å². The van der Waals surface area contributed by atoms with E-state index in [0.29, 0.717) is 29.6 Å². The Hall–Kier alpha value is -3.87. The largest absolute Gasteiger partial charge is 0.454 e. The van der Waals surface area contributed by atoms with Crippen LogP contribution in [0.25, 0.3) is 0 Å². The number of rotatable bonds is 4. The average Bonchev–Trinajstić information content (AvgIpc) is 3.21. The number of nitrogens with zero attached hydrogens (tertiary/aromatic N) is 2. The molecule has 7 heteroatoms. The number of hydrogen-bond acceptors (Lipinski definition) is 5. The molecule has 0 atom stereocenters. The van der Waals surface area contributed by atoms with Crippen molar-refractivity contribution < 1.29 is 14.3 Å². The number of carbonyl (C=O) groups is 1. The predicted octanol–water partition coefficient (Wildman–Crippen LogP) is 3.21. The summed E-state index contributed by atoms with van der Waals surface area (Å²) in [6.45, 7) is 0.490. The minimum Gasteiger partial charge on any atom is -0.454 e. The fourth-order valence-corrected chi connectivity index (χ4v) is 2.64. The second-order valence-electron chi connectivity index (χ2n) is 6.00. The molecular formula is C21H18N4O3. The number of ether oxygens (including phenoxy) is 2. The lowest BCUT2D eigenvalue weighted by molar-refractivity contribution is 0.0976. The van der Waals surface area contributed by atoms with E-state index in [9.17, 15) is 4.79 Å². The van der Waals surface area contributed by atoms with Crippen LogP contribution in [0.5, 0.6) is 11.5 Å². The molecule has 1 aliphatic heterocycles. The van der Waals surface area contributed by atoms with E-state index < -0.39 is 0 Å². The molecule has 0 fully saturated rings. The number of benzene rings is 2. The standard InChI is InChI=1S/C21H18N4O3/c26-20(15-9-10-18-19(12-15)28-14-27-18)25-21(24-16-6-2-1-3-7-16)23-13-17-8-4-5-11-22-17/h1-12H,13-14H2,(H2,23,24,25,26). The highest BCUT2D eigenvalue weighted by atomic mass is 16.7. The Bertz CT molecular complexity index is 991. The lowest BCUT2D eigenvalue weighted by atomic mass is 10.2. The van der Waals surface area contributed by atoms with Crippen molar-refractivity contribution in [3.63, 3.8) is 0 Å². The number of hydrogen-bond donors (Lipinski definition) is 2. The zero-order chi connectivity index (χ0) is 19.2. The van der Waals surface area contributed by atoms with Crippen LogP contribution >= 0.6 is 0 Å². The number of aromatic nitrogens is 1. The maximum Gasteiger partial charge on any atom is 0.258 e. The highest BCUT2D eigenvalue weighted by Crippen LogP contribution is 2.32. The lowest BCUT2D eigenvalue weighted by Crippen LogP contribution is -2.36. The molecule has 1 aliphatic rings. The van der Waals surface area contributed by atoms with Gasteiger partial charge < -0.3 is 14.8 Å². The van der Waals surface area contributed by atoms with Gasteiger partial charge in [0.2, 0.25) is 12.8 Å². The van der Waals surface area contributed by atoms with Crippen LogP contribution in [-0.4, -0.2) is 23.6 Å². The number of aliphatic imine (C=N–C) groups is 1. The van der Waals surface area contributed by atoms with Gasteiger partial charge in [-0.1, -0.05) is 24.3 Å². The van der Waals surface area contributed by atoms with Crippen LogP contribution < -0.4 is 20.1 Å². The van der Waals surface area contributed by atoms with Gasteiger partial charge in [0.15, 0.2) is 11.5 Å². The highest BCUT2D eigenvalue weighted by Gasteiger charge is 2.17. The Morgan fingerprint density at radius 2 is 1.82 bits per heavy atom. The van der Waals surface area contributed by atoms with E-state index in [4.69, 9.17) is 9.47 Å². The molecular weight excluding hydrogens is 356 g/mol. The number of anilines is 1. The van der Waals surface area contributed by atoms with Gasteiger partial charge in [0.1, 0.15) is 0 Å². The summed E-state index contributed by atoms with van der Waals surface area (Å²) in [6, 6.07) is 20.2. The SMILES string of the molecule is O=C(NC(=NCc1ccccn1)Nc1ccccc1)c1ccc2c(c1)OCO2. The van der Waals surface area contributed by atoms with Gasteiger partial charge in [-0.15, -0.1) is 0 Å². The first-order valence-corrected chi connectivity index (χ1v) is 8.75. The third kappa shape index (κ3) is 4.27. The van der Waals surface area contributed by atoms with Gasteiger partial charge in [0.25, 0.3) is 5.91 Å². The summed E-state index contributed by atoms with van der Waals surface area (Å²) in [5.74, 6) is 1.21. The van der Waals surface area contributed by atoms with Crippen LogP contribution in [0, 0.1) is 0 Å². The number of amides is 1. The summed E-state index contributed by atoms with van der Waals surface area (Å²) in [7, 11) is 0. The second-order valence-corrected chi connectivity index (χ2v) is 6.00. The van der Waals surface area contributed by atoms with Crippen molar-refractivity contribution in [2.45, 2.75) is 6.54 Å². The van der Waals surface area contributed by atoms with E-state index >= 15 is 0 Å². The van der Waals surface area contributed by atoms with Gasteiger partial charge in [0.05, 0.1) is 12.2 Å². The van der Waals surface area contributed by atoms with E-state index in [1.54, 1.807) is 24.4 Å². The Labute approximate surface area is 162 Å². The van der Waals surface area contributed by atoms with Crippen LogP contribution in [-0.2, 0) is 6.54 Å². The van der Waals surface area contributed by atoms with Crippen LogP contribution in [0.4, 0.5) is 5.69 Å². The number of carbonyl (C=O) groups excluding carboxylic acids is 1. The first-order chi connectivity index (χ1) is 13.8. The molecule has 28 heavy (non-hydrogen) atoms. The Kier molecular flexibility index (Phi) is 5.15. The van der Waals surface area contributed by atoms with Crippen LogP contribution in [0.3, 0.4) is 0 Å². The summed E-state index contributed by atoms with van der Waals surface area (Å²) in [6.07, 6.45) is 1.71. The maximum absolute atomic E-state index is 12.7. The van der Waals surface area contributed by atoms with Crippen molar-refractivity contribution in [3.8, 4) is 11.5 Å². The highest BCUT2D eigenvalue weighted by molar-refractivity contribution is 6.10. The summed E-state index contributed by atoms with van der Waals surface area (Å²) in [5.41, 5.74) is 2.06. The fourth-order valence-electron chi connectivity index (χ4n) is 2.64. The van der Waals surface area contributed by atoms with Crippen molar-refractivity contribution in [1.82, 2.24) is 10.3 Å². The molecule has 0 saturated heterocycles. The Morgan fingerprint density at radius 3 is 2.64 bits per heavy atom. The molecule has 7 nitrogen and oxygen atoms in total. The zero-order valence-corrected chi connectivity index (χ0v) is 15.0. The van der Waals surface area contributed by atoms with E-state index in [0.717, 1.165) is 11.4 Å². The van der Waals surface area contributed by atoms with Crippen molar-refractivity contribution in [2.24, 2.45) is 4.99 Å². The molecule has 4 rings (SSSR count). The number of pyridine rings is 1. The van der Waals surface area contributed by atoms with Crippen LogP contribution in [0.2, 0.25) is 0 Å². The van der Waals surface area contributed by atoms with Gasteiger partial charge >= 0.3 is 0 Å². The topological polar surface area (TPSA) is 84.8 Å². The summed E-state index contributed by atoms with van der Waals surface area (Å²) < 4.78 is 10.6. The Morgan fingerprint density at radius 1 is 1.00 bits per heavy atom. The molecule has 2 N–H and O–H groups in total. The van der Waals surface area contributed by atoms with Crippen molar-refractivity contribution >= 4 is 17.6 Å². The molecule has 0 bridgehead atoms. The van der Waals surface area contributed by atoms with Crippen molar-refractivity contribution in [3.05, 3.63) is 84.2 Å². The fraction of sp³-hybridized carbons (Fsp3) is 0.0952. The summed E-state index contributed by atoms with van der Waals surface area (Å²) in [5, 5.41) is 5.96. The monoisotopic (exact) mass is 374 g/mol. The quantitative estimate of drug-likeness (QED) is 0.541. The molecule has 3 aromatic rings. The van der Waals surface area contributed by atoms with Gasteiger partial charge in [0, 0.05) is 17.4 Å². The number of para-hydroxylation sites is 1.